The SMILES string of the molecule is Nc1ccc(C=Cc2ccc(OC(F)(F)F)cc2)cc1. The highest BCUT2D eigenvalue weighted by Gasteiger charge is 2.30. The van der Waals surface area contributed by atoms with Gasteiger partial charge in [0.2, 0.25) is 0 Å². The summed E-state index contributed by atoms with van der Waals surface area (Å²) in [6.07, 6.45) is -1.02. The maximum atomic E-state index is 12.0. The molecule has 2 rings (SSSR count). The fourth-order valence-corrected chi connectivity index (χ4v) is 1.58. The fraction of sp³-hybridized carbons (Fsp3) is 0.0667. The third kappa shape index (κ3) is 4.35. The zero-order chi connectivity index (χ0) is 14.6. The van der Waals surface area contributed by atoms with Crippen LogP contribution in [0.25, 0.3) is 12.2 Å². The zero-order valence-corrected chi connectivity index (χ0v) is 10.4. The van der Waals surface area contributed by atoms with Gasteiger partial charge in [0.15, 0.2) is 0 Å². The Hall–Kier alpha value is -2.43. The van der Waals surface area contributed by atoms with Gasteiger partial charge in [0.05, 0.1) is 0 Å². The molecule has 5 heteroatoms. The second-order valence-electron chi connectivity index (χ2n) is 4.12. The lowest BCUT2D eigenvalue weighted by Crippen LogP contribution is -2.16. The smallest absolute Gasteiger partial charge is 0.406 e. The Kier molecular flexibility index (Phi) is 3.98. The van der Waals surface area contributed by atoms with Crippen LogP contribution >= 0.6 is 0 Å². The summed E-state index contributed by atoms with van der Waals surface area (Å²) in [4.78, 5) is 0. The van der Waals surface area contributed by atoms with Crippen molar-refractivity contribution in [2.24, 2.45) is 0 Å². The number of anilines is 1. The van der Waals surface area contributed by atoms with E-state index >= 15 is 0 Å². The molecular weight excluding hydrogens is 267 g/mol. The van der Waals surface area contributed by atoms with Crippen LogP contribution in [0.5, 0.6) is 5.75 Å². The Morgan fingerprint density at radius 2 is 1.25 bits per heavy atom. The first-order chi connectivity index (χ1) is 9.42. The molecule has 0 unspecified atom stereocenters. The second-order valence-corrected chi connectivity index (χ2v) is 4.12. The average molecular weight is 279 g/mol. The third-order valence-corrected chi connectivity index (χ3v) is 2.52. The molecule has 20 heavy (non-hydrogen) atoms. The van der Waals surface area contributed by atoms with E-state index in [1.807, 2.05) is 18.2 Å². The second kappa shape index (κ2) is 5.69. The normalized spacial score (nSPS) is 11.8. The number of rotatable bonds is 3. The van der Waals surface area contributed by atoms with Crippen LogP contribution in [0.3, 0.4) is 0 Å². The minimum absolute atomic E-state index is 0.234. The van der Waals surface area contributed by atoms with Gasteiger partial charge in [-0.1, -0.05) is 36.4 Å². The molecule has 2 nitrogen and oxygen atoms in total. The summed E-state index contributed by atoms with van der Waals surface area (Å²) in [7, 11) is 0. The first-order valence-corrected chi connectivity index (χ1v) is 5.82. The summed E-state index contributed by atoms with van der Waals surface area (Å²) in [5.41, 5.74) is 7.98. The summed E-state index contributed by atoms with van der Waals surface area (Å²) < 4.78 is 39.8. The number of ether oxygens (including phenoxy) is 1. The van der Waals surface area contributed by atoms with E-state index in [9.17, 15) is 13.2 Å². The van der Waals surface area contributed by atoms with Crippen LogP contribution in [0.4, 0.5) is 18.9 Å². The summed E-state index contributed by atoms with van der Waals surface area (Å²) in [5, 5.41) is 0. The highest BCUT2D eigenvalue weighted by atomic mass is 19.4. The first kappa shape index (κ1) is 14.0. The maximum Gasteiger partial charge on any atom is 0.573 e. The Balaban J connectivity index is 2.05. The predicted molar refractivity (Wildman–Crippen MR) is 72.9 cm³/mol. The average Bonchev–Trinajstić information content (AvgIpc) is 2.38. The number of nitrogens with two attached hydrogens (primary N) is 1. The van der Waals surface area contributed by atoms with Crippen molar-refractivity contribution in [1.82, 2.24) is 0 Å². The Bertz CT molecular complexity index is 586. The zero-order valence-electron chi connectivity index (χ0n) is 10.4. The van der Waals surface area contributed by atoms with Crippen molar-refractivity contribution >= 4 is 17.8 Å². The molecule has 0 fully saturated rings. The number of alkyl halides is 3. The van der Waals surface area contributed by atoms with Gasteiger partial charge in [0, 0.05) is 5.69 Å². The minimum atomic E-state index is -4.67. The van der Waals surface area contributed by atoms with Gasteiger partial charge in [-0.2, -0.15) is 0 Å². The Morgan fingerprint density at radius 1 is 0.800 bits per heavy atom. The van der Waals surface area contributed by atoms with E-state index in [0.29, 0.717) is 5.69 Å². The van der Waals surface area contributed by atoms with E-state index in [0.717, 1.165) is 11.1 Å². The Morgan fingerprint density at radius 3 is 1.70 bits per heavy atom. The quantitative estimate of drug-likeness (QED) is 0.670. The summed E-state index contributed by atoms with van der Waals surface area (Å²) in [6.45, 7) is 0. The van der Waals surface area contributed by atoms with E-state index in [2.05, 4.69) is 4.74 Å². The topological polar surface area (TPSA) is 35.2 Å². The molecule has 0 saturated heterocycles. The molecule has 0 aliphatic rings. The van der Waals surface area contributed by atoms with Gasteiger partial charge in [-0.25, -0.2) is 0 Å². The molecule has 0 spiro atoms. The molecular formula is C15H12F3NO. The lowest BCUT2D eigenvalue weighted by atomic mass is 10.1. The molecule has 0 atom stereocenters. The summed E-state index contributed by atoms with van der Waals surface area (Å²) in [6, 6.07) is 12.9. The van der Waals surface area contributed by atoms with Crippen LogP contribution < -0.4 is 10.5 Å². The number of hydrogen-bond donors (Lipinski definition) is 1. The number of halogens is 3. The molecule has 0 heterocycles. The molecule has 104 valence electrons. The fourth-order valence-electron chi connectivity index (χ4n) is 1.58. The molecule has 0 aromatic heterocycles. The molecule has 0 saturated carbocycles. The standard InChI is InChI=1S/C15H12F3NO/c16-15(17,18)20-14-9-5-12(6-10-14)2-1-11-3-7-13(19)8-4-11/h1-10H,19H2. The largest absolute Gasteiger partial charge is 0.573 e. The van der Waals surface area contributed by atoms with Crippen LogP contribution in [0, 0.1) is 0 Å². The van der Waals surface area contributed by atoms with Crippen molar-refractivity contribution in [2.45, 2.75) is 6.36 Å². The molecule has 0 amide bonds. The van der Waals surface area contributed by atoms with Gasteiger partial charge >= 0.3 is 6.36 Å². The molecule has 2 aromatic rings. The summed E-state index contributed by atoms with van der Waals surface area (Å²) in [5.74, 6) is -0.234. The van der Waals surface area contributed by atoms with Crippen LogP contribution in [-0.4, -0.2) is 6.36 Å². The van der Waals surface area contributed by atoms with Gasteiger partial charge in [0.25, 0.3) is 0 Å². The van der Waals surface area contributed by atoms with Gasteiger partial charge in [0.1, 0.15) is 5.75 Å². The van der Waals surface area contributed by atoms with Crippen LogP contribution in [0.2, 0.25) is 0 Å². The number of nitrogen functional groups attached to an aromatic ring is 1. The van der Waals surface area contributed by atoms with E-state index in [-0.39, 0.29) is 5.75 Å². The van der Waals surface area contributed by atoms with E-state index < -0.39 is 6.36 Å². The molecule has 2 aromatic carbocycles. The van der Waals surface area contributed by atoms with Crippen molar-refractivity contribution in [3.8, 4) is 5.75 Å². The van der Waals surface area contributed by atoms with E-state index in [4.69, 9.17) is 5.73 Å². The van der Waals surface area contributed by atoms with Crippen molar-refractivity contribution in [3.63, 3.8) is 0 Å². The number of hydrogen-bond acceptors (Lipinski definition) is 2. The van der Waals surface area contributed by atoms with Crippen LogP contribution in [-0.2, 0) is 0 Å². The van der Waals surface area contributed by atoms with Gasteiger partial charge in [-0.05, 0) is 35.4 Å². The molecule has 0 radical (unpaired) electrons. The van der Waals surface area contributed by atoms with Gasteiger partial charge < -0.3 is 10.5 Å². The Labute approximate surface area is 114 Å². The molecule has 0 aliphatic heterocycles. The molecule has 2 N–H and O–H groups in total. The van der Waals surface area contributed by atoms with Gasteiger partial charge in [-0.3, -0.25) is 0 Å². The highest BCUT2D eigenvalue weighted by molar-refractivity contribution is 5.70. The minimum Gasteiger partial charge on any atom is -0.406 e. The van der Waals surface area contributed by atoms with Crippen LogP contribution in [0.15, 0.2) is 48.5 Å². The van der Waals surface area contributed by atoms with Crippen molar-refractivity contribution < 1.29 is 17.9 Å². The van der Waals surface area contributed by atoms with E-state index in [1.165, 1.54) is 12.1 Å². The highest BCUT2D eigenvalue weighted by Crippen LogP contribution is 2.23. The van der Waals surface area contributed by atoms with Crippen molar-refractivity contribution in [2.75, 3.05) is 5.73 Å². The van der Waals surface area contributed by atoms with Crippen molar-refractivity contribution in [1.29, 1.82) is 0 Å². The lowest BCUT2D eigenvalue weighted by Gasteiger charge is -2.08. The monoisotopic (exact) mass is 279 g/mol. The van der Waals surface area contributed by atoms with Crippen LogP contribution in [0.1, 0.15) is 11.1 Å². The van der Waals surface area contributed by atoms with E-state index in [1.54, 1.807) is 30.3 Å². The predicted octanol–water partition coefficient (Wildman–Crippen LogP) is 4.34. The number of benzene rings is 2. The van der Waals surface area contributed by atoms with Crippen molar-refractivity contribution in [3.05, 3.63) is 59.7 Å². The summed E-state index contributed by atoms with van der Waals surface area (Å²) >= 11 is 0. The molecule has 0 aliphatic carbocycles. The maximum absolute atomic E-state index is 12.0. The third-order valence-electron chi connectivity index (χ3n) is 2.52. The first-order valence-electron chi connectivity index (χ1n) is 5.82. The van der Waals surface area contributed by atoms with Gasteiger partial charge in [-0.15, -0.1) is 13.2 Å². The lowest BCUT2D eigenvalue weighted by molar-refractivity contribution is -0.274. The molecule has 0 bridgehead atoms.